The molecule has 20 heavy (non-hydrogen) atoms. The molecule has 0 spiro atoms. The molecule has 0 atom stereocenters. The van der Waals surface area contributed by atoms with Crippen molar-refractivity contribution in [3.8, 4) is 0 Å². The minimum atomic E-state index is 1.02. The lowest BCUT2D eigenvalue weighted by Crippen LogP contribution is -2.40. The summed E-state index contributed by atoms with van der Waals surface area (Å²) in [6.45, 7) is 1.02. The zero-order valence-electron chi connectivity index (χ0n) is 11.4. The van der Waals surface area contributed by atoms with E-state index < -0.39 is 0 Å². The zero-order chi connectivity index (χ0) is 13.1. The number of fused-ring (bicyclic) bond motifs is 4. The first-order valence-corrected chi connectivity index (χ1v) is 7.50. The normalized spacial score (nSPS) is 22.1. The summed E-state index contributed by atoms with van der Waals surface area (Å²) < 4.78 is 0. The largest absolute Gasteiger partial charge is 0.324 e. The zero-order valence-corrected chi connectivity index (χ0v) is 11.4. The van der Waals surface area contributed by atoms with Gasteiger partial charge in [-0.3, -0.25) is 0 Å². The van der Waals surface area contributed by atoms with Crippen LogP contribution in [-0.4, -0.2) is 17.3 Å². The second-order valence-electron chi connectivity index (χ2n) is 5.88. The number of benzene rings is 1. The maximum Gasteiger partial charge on any atom is 0.141 e. The van der Waals surface area contributed by atoms with Gasteiger partial charge in [0.25, 0.3) is 0 Å². The van der Waals surface area contributed by atoms with Gasteiger partial charge in [-0.05, 0) is 42.5 Å². The van der Waals surface area contributed by atoms with E-state index in [0.29, 0.717) is 0 Å². The van der Waals surface area contributed by atoms with E-state index in [1.54, 1.807) is 0 Å². The second kappa shape index (κ2) is 3.72. The van der Waals surface area contributed by atoms with E-state index >= 15 is 0 Å². The van der Waals surface area contributed by atoms with Crippen LogP contribution in [0.5, 0.6) is 0 Å². The van der Waals surface area contributed by atoms with Gasteiger partial charge in [0.15, 0.2) is 0 Å². The molecule has 2 aliphatic heterocycles. The minimum absolute atomic E-state index is 1.02. The van der Waals surface area contributed by atoms with E-state index in [2.05, 4.69) is 41.3 Å². The van der Waals surface area contributed by atoms with Crippen LogP contribution in [-0.2, 0) is 0 Å². The van der Waals surface area contributed by atoms with Crippen molar-refractivity contribution in [3.05, 3.63) is 51.9 Å². The molecule has 0 bridgehead atoms. The Kier molecular flexibility index (Phi) is 1.99. The monoisotopic (exact) mass is 260 g/mol. The van der Waals surface area contributed by atoms with Gasteiger partial charge in [0.1, 0.15) is 5.84 Å². The standard InChI is InChI=1S/C18H16N2/c1-2-8-14-13(5-1)11-20-16-10-4-7-12-6-3-9-15(17(12)16)19-18(14)20/h3,5-9H,1-2,4,10-11H2. The number of hydrogen-bond donors (Lipinski definition) is 0. The van der Waals surface area contributed by atoms with Gasteiger partial charge in [0.05, 0.1) is 5.69 Å². The van der Waals surface area contributed by atoms with Gasteiger partial charge in [-0.25, -0.2) is 4.99 Å². The summed E-state index contributed by atoms with van der Waals surface area (Å²) in [5.41, 5.74) is 5.51. The molecule has 1 aromatic carbocycles. The van der Waals surface area contributed by atoms with E-state index in [-0.39, 0.29) is 0 Å². The lowest BCUT2D eigenvalue weighted by atomic mass is 9.99. The lowest BCUT2D eigenvalue weighted by Gasteiger charge is -2.28. The highest BCUT2D eigenvalue weighted by molar-refractivity contribution is 6.11. The molecule has 0 saturated carbocycles. The Morgan fingerprint density at radius 3 is 2.95 bits per heavy atom. The summed E-state index contributed by atoms with van der Waals surface area (Å²) >= 11 is 0. The van der Waals surface area contributed by atoms with Crippen LogP contribution in [0.1, 0.15) is 25.7 Å². The van der Waals surface area contributed by atoms with Gasteiger partial charge in [-0.1, -0.05) is 30.4 Å². The lowest BCUT2D eigenvalue weighted by molar-refractivity contribution is 0.626. The first-order valence-electron chi connectivity index (χ1n) is 7.50. The summed E-state index contributed by atoms with van der Waals surface area (Å²) in [4.78, 5) is 7.44. The molecular formula is C18H16N2. The molecule has 98 valence electrons. The molecule has 1 aromatic rings. The molecule has 2 aliphatic carbocycles. The highest BCUT2D eigenvalue weighted by Gasteiger charge is 2.34. The molecule has 2 heteroatoms. The van der Waals surface area contributed by atoms with Gasteiger partial charge in [0, 0.05) is 23.0 Å². The molecule has 5 rings (SSSR count). The minimum Gasteiger partial charge on any atom is -0.324 e. The number of amidine groups is 1. The van der Waals surface area contributed by atoms with Gasteiger partial charge in [-0.15, -0.1) is 0 Å². The van der Waals surface area contributed by atoms with Crippen LogP contribution < -0.4 is 10.4 Å². The van der Waals surface area contributed by atoms with Crippen molar-refractivity contribution >= 4 is 23.3 Å². The number of hydrogen-bond acceptors (Lipinski definition) is 2. The number of nitrogens with zero attached hydrogens (tertiary/aromatic N) is 2. The third-order valence-electron chi connectivity index (χ3n) is 4.74. The molecular weight excluding hydrogens is 244 g/mol. The van der Waals surface area contributed by atoms with Crippen molar-refractivity contribution in [2.24, 2.45) is 4.99 Å². The van der Waals surface area contributed by atoms with Gasteiger partial charge in [0.2, 0.25) is 0 Å². The molecule has 0 N–H and O–H groups in total. The predicted octanol–water partition coefficient (Wildman–Crippen LogP) is 2.37. The predicted molar refractivity (Wildman–Crippen MR) is 82.0 cm³/mol. The average molecular weight is 260 g/mol. The Hall–Kier alpha value is -2.09. The smallest absolute Gasteiger partial charge is 0.141 e. The Bertz CT molecular complexity index is 837. The van der Waals surface area contributed by atoms with Crippen LogP contribution >= 0.6 is 0 Å². The molecule has 0 amide bonds. The summed E-state index contributed by atoms with van der Waals surface area (Å²) in [7, 11) is 0. The Morgan fingerprint density at radius 2 is 1.95 bits per heavy atom. The van der Waals surface area contributed by atoms with Gasteiger partial charge < -0.3 is 4.90 Å². The third kappa shape index (κ3) is 1.26. The van der Waals surface area contributed by atoms with Crippen LogP contribution in [0, 0.1) is 0 Å². The maximum atomic E-state index is 4.98. The van der Waals surface area contributed by atoms with Gasteiger partial charge in [-0.2, -0.15) is 0 Å². The number of rotatable bonds is 0. The fraction of sp³-hybridized carbons (Fsp3) is 0.278. The van der Waals surface area contributed by atoms with Crippen molar-refractivity contribution in [1.82, 2.24) is 4.90 Å². The van der Waals surface area contributed by atoms with E-state index in [9.17, 15) is 0 Å². The van der Waals surface area contributed by atoms with Crippen molar-refractivity contribution in [2.45, 2.75) is 25.7 Å². The average Bonchev–Trinajstić information content (AvgIpc) is 2.87. The first kappa shape index (κ1) is 10.7. The molecule has 2 nitrogen and oxygen atoms in total. The Balaban J connectivity index is 1.85. The summed E-state index contributed by atoms with van der Waals surface area (Å²) in [6, 6.07) is 6.52. The Labute approximate surface area is 118 Å². The molecule has 1 saturated heterocycles. The molecule has 2 heterocycles. The van der Waals surface area contributed by atoms with Gasteiger partial charge >= 0.3 is 0 Å². The van der Waals surface area contributed by atoms with E-state index in [1.807, 2.05) is 0 Å². The van der Waals surface area contributed by atoms with E-state index in [1.165, 1.54) is 39.5 Å². The molecule has 4 aliphatic rings. The van der Waals surface area contributed by atoms with E-state index in [4.69, 9.17) is 4.99 Å². The maximum absolute atomic E-state index is 4.98. The third-order valence-corrected chi connectivity index (χ3v) is 4.74. The SMILES string of the molecule is C1=C2CN3C(=Nc4cccc5c4=C3CCC=5)C2=CCC1. The first-order chi connectivity index (χ1) is 9.92. The van der Waals surface area contributed by atoms with Crippen LogP contribution in [0.4, 0.5) is 5.69 Å². The highest BCUT2D eigenvalue weighted by atomic mass is 15.2. The van der Waals surface area contributed by atoms with Crippen molar-refractivity contribution in [2.75, 3.05) is 6.54 Å². The summed E-state index contributed by atoms with van der Waals surface area (Å²) in [5, 5.41) is 2.74. The van der Waals surface area contributed by atoms with Crippen LogP contribution in [0.3, 0.4) is 0 Å². The fourth-order valence-corrected chi connectivity index (χ4v) is 3.85. The van der Waals surface area contributed by atoms with Crippen LogP contribution in [0.25, 0.3) is 11.8 Å². The quantitative estimate of drug-likeness (QED) is 0.699. The fourth-order valence-electron chi connectivity index (χ4n) is 3.85. The second-order valence-corrected chi connectivity index (χ2v) is 5.88. The van der Waals surface area contributed by atoms with Crippen LogP contribution in [0.15, 0.2) is 46.5 Å². The van der Waals surface area contributed by atoms with Crippen molar-refractivity contribution < 1.29 is 0 Å². The Morgan fingerprint density at radius 1 is 1.00 bits per heavy atom. The van der Waals surface area contributed by atoms with Crippen LogP contribution in [0.2, 0.25) is 0 Å². The molecule has 0 aromatic heterocycles. The highest BCUT2D eigenvalue weighted by Crippen LogP contribution is 2.36. The molecule has 0 unspecified atom stereocenters. The van der Waals surface area contributed by atoms with Crippen molar-refractivity contribution in [1.29, 1.82) is 0 Å². The number of aliphatic imine (C=N–C) groups is 1. The number of allylic oxidation sites excluding steroid dienone is 2. The summed E-state index contributed by atoms with van der Waals surface area (Å²) in [5.74, 6) is 1.19. The summed E-state index contributed by atoms with van der Waals surface area (Å²) in [6.07, 6.45) is 11.8. The topological polar surface area (TPSA) is 15.6 Å². The van der Waals surface area contributed by atoms with E-state index in [0.717, 1.165) is 31.5 Å². The molecule has 0 radical (unpaired) electrons. The molecule has 1 fully saturated rings. The van der Waals surface area contributed by atoms with Crippen molar-refractivity contribution in [3.63, 3.8) is 0 Å².